The van der Waals surface area contributed by atoms with Crippen molar-refractivity contribution < 1.29 is 19.4 Å². The molecule has 1 rings (SSSR count). The second-order valence-corrected chi connectivity index (χ2v) is 5.36. The number of likely N-dealkylation sites (tertiary alicyclic amines) is 1. The number of nitrogens with zero attached hydrogens (tertiary/aromatic N) is 1. The van der Waals surface area contributed by atoms with Crippen molar-refractivity contribution in [2.75, 3.05) is 6.54 Å². The zero-order valence-corrected chi connectivity index (χ0v) is 10.9. The SMILES string of the molecule is CCC(=O)[C@@H]1C[C@H](O)CN1C(=O)OC(C)(C)C. The van der Waals surface area contributed by atoms with Crippen molar-refractivity contribution in [2.24, 2.45) is 0 Å². The zero-order chi connectivity index (χ0) is 13.2. The van der Waals surface area contributed by atoms with Gasteiger partial charge in [0.25, 0.3) is 0 Å². The van der Waals surface area contributed by atoms with Gasteiger partial charge in [-0.05, 0) is 20.8 Å². The highest BCUT2D eigenvalue weighted by Gasteiger charge is 2.39. The van der Waals surface area contributed by atoms with Crippen LogP contribution in [0.2, 0.25) is 0 Å². The second kappa shape index (κ2) is 5.04. The first-order chi connectivity index (χ1) is 7.74. The van der Waals surface area contributed by atoms with Crippen molar-refractivity contribution in [3.8, 4) is 0 Å². The van der Waals surface area contributed by atoms with Crippen molar-refractivity contribution in [1.29, 1.82) is 0 Å². The molecule has 5 heteroatoms. The van der Waals surface area contributed by atoms with E-state index in [1.54, 1.807) is 27.7 Å². The fourth-order valence-corrected chi connectivity index (χ4v) is 1.88. The summed E-state index contributed by atoms with van der Waals surface area (Å²) in [5.74, 6) is -0.0348. The molecule has 0 spiro atoms. The summed E-state index contributed by atoms with van der Waals surface area (Å²) in [5, 5.41) is 9.56. The largest absolute Gasteiger partial charge is 0.444 e. The van der Waals surface area contributed by atoms with Crippen molar-refractivity contribution in [2.45, 2.75) is 58.3 Å². The molecule has 0 radical (unpaired) electrons. The number of carbonyl (C=O) groups is 2. The molecule has 2 atom stereocenters. The Balaban J connectivity index is 2.73. The van der Waals surface area contributed by atoms with Gasteiger partial charge in [0.15, 0.2) is 5.78 Å². The summed E-state index contributed by atoms with van der Waals surface area (Å²) in [5.41, 5.74) is -0.593. The normalized spacial score (nSPS) is 24.9. The van der Waals surface area contributed by atoms with Crippen LogP contribution in [0.25, 0.3) is 0 Å². The van der Waals surface area contributed by atoms with Gasteiger partial charge in [-0.1, -0.05) is 6.92 Å². The highest BCUT2D eigenvalue weighted by Crippen LogP contribution is 2.22. The molecule has 1 saturated heterocycles. The Morgan fingerprint density at radius 1 is 1.41 bits per heavy atom. The maximum absolute atomic E-state index is 11.9. The summed E-state index contributed by atoms with van der Waals surface area (Å²) in [7, 11) is 0. The molecule has 1 fully saturated rings. The molecule has 1 heterocycles. The minimum Gasteiger partial charge on any atom is -0.444 e. The molecule has 0 aromatic rings. The molecule has 0 unspecified atom stereocenters. The molecule has 5 nitrogen and oxygen atoms in total. The predicted octanol–water partition coefficient (Wildman–Crippen LogP) is 1.34. The van der Waals surface area contributed by atoms with Crippen LogP contribution in [0.1, 0.15) is 40.5 Å². The van der Waals surface area contributed by atoms with Crippen LogP contribution in [0.3, 0.4) is 0 Å². The van der Waals surface area contributed by atoms with E-state index in [1.807, 2.05) is 0 Å². The molecule has 1 aliphatic rings. The van der Waals surface area contributed by atoms with E-state index in [2.05, 4.69) is 0 Å². The van der Waals surface area contributed by atoms with Crippen LogP contribution in [0.15, 0.2) is 0 Å². The topological polar surface area (TPSA) is 66.8 Å². The molecular weight excluding hydrogens is 222 g/mol. The number of aliphatic hydroxyl groups excluding tert-OH is 1. The van der Waals surface area contributed by atoms with Gasteiger partial charge in [-0.2, -0.15) is 0 Å². The molecule has 0 aromatic carbocycles. The number of Topliss-reactive ketones (excluding diaryl/α,β-unsaturated/α-hetero) is 1. The van der Waals surface area contributed by atoms with Gasteiger partial charge in [0.2, 0.25) is 0 Å². The lowest BCUT2D eigenvalue weighted by Crippen LogP contribution is -2.43. The number of ketones is 1. The second-order valence-electron chi connectivity index (χ2n) is 5.36. The number of β-amino-alcohol motifs (C(OH)–C–C–N with tert-alkyl or cyclic N) is 1. The summed E-state index contributed by atoms with van der Waals surface area (Å²) in [6.07, 6.45) is -0.494. The maximum Gasteiger partial charge on any atom is 0.410 e. The van der Waals surface area contributed by atoms with Gasteiger partial charge in [-0.25, -0.2) is 4.79 Å². The van der Waals surface area contributed by atoms with Crippen molar-refractivity contribution in [3.05, 3.63) is 0 Å². The van der Waals surface area contributed by atoms with Gasteiger partial charge >= 0.3 is 6.09 Å². The van der Waals surface area contributed by atoms with Crippen LogP contribution >= 0.6 is 0 Å². The number of carbonyl (C=O) groups excluding carboxylic acids is 2. The van der Waals surface area contributed by atoms with Gasteiger partial charge in [-0.15, -0.1) is 0 Å². The Morgan fingerprint density at radius 2 is 2.00 bits per heavy atom. The van der Waals surface area contributed by atoms with E-state index in [9.17, 15) is 14.7 Å². The number of hydrogen-bond acceptors (Lipinski definition) is 4. The van der Waals surface area contributed by atoms with Gasteiger partial charge in [-0.3, -0.25) is 9.69 Å². The van der Waals surface area contributed by atoms with E-state index in [-0.39, 0.29) is 12.3 Å². The highest BCUT2D eigenvalue weighted by molar-refractivity contribution is 5.87. The first-order valence-electron chi connectivity index (χ1n) is 5.95. The van der Waals surface area contributed by atoms with Crippen LogP contribution in [0.5, 0.6) is 0 Å². The smallest absolute Gasteiger partial charge is 0.410 e. The Labute approximate surface area is 102 Å². The molecule has 17 heavy (non-hydrogen) atoms. The number of ether oxygens (including phenoxy) is 1. The third-order valence-corrected chi connectivity index (χ3v) is 2.63. The molecule has 0 saturated carbocycles. The summed E-state index contributed by atoms with van der Waals surface area (Å²) >= 11 is 0. The van der Waals surface area contributed by atoms with Gasteiger partial charge in [0.05, 0.1) is 18.7 Å². The Hall–Kier alpha value is -1.10. The third-order valence-electron chi connectivity index (χ3n) is 2.63. The third kappa shape index (κ3) is 3.70. The maximum atomic E-state index is 11.9. The number of rotatable bonds is 2. The van der Waals surface area contributed by atoms with Gasteiger partial charge < -0.3 is 9.84 Å². The van der Waals surface area contributed by atoms with E-state index >= 15 is 0 Å². The molecule has 1 N–H and O–H groups in total. The lowest BCUT2D eigenvalue weighted by Gasteiger charge is -2.27. The number of hydrogen-bond donors (Lipinski definition) is 1. The minimum atomic E-state index is -0.636. The molecular formula is C12H21NO4. The lowest BCUT2D eigenvalue weighted by atomic mass is 10.1. The molecule has 0 aromatic heterocycles. The van der Waals surface area contributed by atoms with Crippen LogP contribution in [-0.2, 0) is 9.53 Å². The quantitative estimate of drug-likeness (QED) is 0.794. The minimum absolute atomic E-state index is 0.0348. The first-order valence-corrected chi connectivity index (χ1v) is 5.95. The first kappa shape index (κ1) is 14.0. The van der Waals surface area contributed by atoms with E-state index in [4.69, 9.17) is 4.74 Å². The Morgan fingerprint density at radius 3 is 2.47 bits per heavy atom. The predicted molar refractivity (Wildman–Crippen MR) is 62.6 cm³/mol. The standard InChI is InChI=1S/C12H21NO4/c1-5-10(15)9-6-8(14)7-13(9)11(16)17-12(2,3)4/h8-9,14H,5-7H2,1-4H3/t8-,9-/m0/s1. The van der Waals surface area contributed by atoms with Crippen LogP contribution < -0.4 is 0 Å². The molecule has 0 bridgehead atoms. The summed E-state index contributed by atoms with van der Waals surface area (Å²) in [6.45, 7) is 7.24. The zero-order valence-electron chi connectivity index (χ0n) is 10.9. The van der Waals surface area contributed by atoms with E-state index < -0.39 is 23.8 Å². The summed E-state index contributed by atoms with van der Waals surface area (Å²) in [6, 6.07) is -0.537. The summed E-state index contributed by atoms with van der Waals surface area (Å²) < 4.78 is 5.22. The lowest BCUT2D eigenvalue weighted by molar-refractivity contribution is -0.123. The fourth-order valence-electron chi connectivity index (χ4n) is 1.88. The number of amides is 1. The Kier molecular flexibility index (Phi) is 4.14. The Bertz CT molecular complexity index is 308. The van der Waals surface area contributed by atoms with Crippen LogP contribution in [0, 0.1) is 0 Å². The summed E-state index contributed by atoms with van der Waals surface area (Å²) in [4.78, 5) is 24.9. The molecule has 1 aliphatic heterocycles. The van der Waals surface area contributed by atoms with E-state index in [1.165, 1.54) is 4.90 Å². The van der Waals surface area contributed by atoms with Crippen molar-refractivity contribution in [1.82, 2.24) is 4.90 Å². The van der Waals surface area contributed by atoms with E-state index in [0.717, 1.165) is 0 Å². The van der Waals surface area contributed by atoms with E-state index in [0.29, 0.717) is 12.8 Å². The molecule has 98 valence electrons. The average Bonchev–Trinajstić information content (AvgIpc) is 2.56. The van der Waals surface area contributed by atoms with Gasteiger partial charge in [0, 0.05) is 12.8 Å². The molecule has 1 amide bonds. The van der Waals surface area contributed by atoms with Crippen LogP contribution in [0.4, 0.5) is 4.79 Å². The highest BCUT2D eigenvalue weighted by atomic mass is 16.6. The number of aliphatic hydroxyl groups is 1. The monoisotopic (exact) mass is 243 g/mol. The molecule has 0 aliphatic carbocycles. The van der Waals surface area contributed by atoms with Crippen LogP contribution in [-0.4, -0.2) is 46.2 Å². The van der Waals surface area contributed by atoms with Gasteiger partial charge in [0.1, 0.15) is 5.60 Å². The van der Waals surface area contributed by atoms with Crippen molar-refractivity contribution in [3.63, 3.8) is 0 Å². The fraction of sp³-hybridized carbons (Fsp3) is 0.833. The van der Waals surface area contributed by atoms with Crippen molar-refractivity contribution >= 4 is 11.9 Å². The average molecular weight is 243 g/mol.